The minimum atomic E-state index is -3.90. The van der Waals surface area contributed by atoms with Crippen LogP contribution in [0.4, 0.5) is 8.78 Å². The van der Waals surface area contributed by atoms with Crippen molar-refractivity contribution in [1.82, 2.24) is 4.72 Å². The van der Waals surface area contributed by atoms with Crippen LogP contribution in [0.3, 0.4) is 0 Å². The zero-order chi connectivity index (χ0) is 11.6. The SMILES string of the molecule is CCNS(=O)(=O)c1cc(Br)c(F)cc1F. The summed E-state index contributed by atoms with van der Waals surface area (Å²) in [6, 6.07) is 1.41. The summed E-state index contributed by atoms with van der Waals surface area (Å²) in [6.45, 7) is 1.70. The third kappa shape index (κ3) is 2.73. The van der Waals surface area contributed by atoms with E-state index >= 15 is 0 Å². The highest BCUT2D eigenvalue weighted by Crippen LogP contribution is 2.23. The molecule has 0 atom stereocenters. The van der Waals surface area contributed by atoms with Crippen LogP contribution in [0, 0.1) is 11.6 Å². The van der Waals surface area contributed by atoms with Gasteiger partial charge in [0.05, 0.1) is 4.47 Å². The Balaban J connectivity index is 3.33. The van der Waals surface area contributed by atoms with Gasteiger partial charge in [0.15, 0.2) is 0 Å². The molecule has 0 unspecified atom stereocenters. The van der Waals surface area contributed by atoms with Crippen molar-refractivity contribution in [1.29, 1.82) is 0 Å². The van der Waals surface area contributed by atoms with Crippen LogP contribution in [-0.2, 0) is 10.0 Å². The number of hydrogen-bond donors (Lipinski definition) is 1. The van der Waals surface area contributed by atoms with Gasteiger partial charge in [-0.25, -0.2) is 21.9 Å². The topological polar surface area (TPSA) is 46.2 Å². The molecule has 0 fully saturated rings. The van der Waals surface area contributed by atoms with E-state index in [1.807, 2.05) is 0 Å². The molecule has 0 amide bonds. The van der Waals surface area contributed by atoms with Crippen LogP contribution in [0.15, 0.2) is 21.5 Å². The molecule has 7 heteroatoms. The minimum absolute atomic E-state index is 0.0969. The number of hydrogen-bond acceptors (Lipinski definition) is 2. The highest BCUT2D eigenvalue weighted by atomic mass is 79.9. The predicted molar refractivity (Wildman–Crippen MR) is 54.9 cm³/mol. The molecule has 0 radical (unpaired) electrons. The fraction of sp³-hybridized carbons (Fsp3) is 0.250. The van der Waals surface area contributed by atoms with Gasteiger partial charge in [-0.05, 0) is 22.0 Å². The Kier molecular flexibility index (Phi) is 3.80. The number of rotatable bonds is 3. The quantitative estimate of drug-likeness (QED) is 0.868. The van der Waals surface area contributed by atoms with Crippen molar-refractivity contribution < 1.29 is 17.2 Å². The van der Waals surface area contributed by atoms with Gasteiger partial charge < -0.3 is 0 Å². The minimum Gasteiger partial charge on any atom is -0.211 e. The third-order valence-corrected chi connectivity index (χ3v) is 3.77. The van der Waals surface area contributed by atoms with Crippen LogP contribution < -0.4 is 4.72 Å². The first-order valence-corrected chi connectivity index (χ1v) is 6.30. The molecule has 1 N–H and O–H groups in total. The van der Waals surface area contributed by atoms with Crippen molar-refractivity contribution in [2.45, 2.75) is 11.8 Å². The number of benzene rings is 1. The first kappa shape index (κ1) is 12.5. The Bertz CT molecular complexity index is 476. The van der Waals surface area contributed by atoms with Gasteiger partial charge in [0.2, 0.25) is 10.0 Å². The normalized spacial score (nSPS) is 11.7. The summed E-state index contributed by atoms with van der Waals surface area (Å²) in [4.78, 5) is -0.572. The van der Waals surface area contributed by atoms with Crippen LogP contribution in [-0.4, -0.2) is 15.0 Å². The van der Waals surface area contributed by atoms with Gasteiger partial charge in [-0.1, -0.05) is 6.92 Å². The molecule has 1 aromatic rings. The Labute approximate surface area is 94.7 Å². The van der Waals surface area contributed by atoms with Crippen molar-refractivity contribution >= 4 is 26.0 Å². The number of sulfonamides is 1. The highest BCUT2D eigenvalue weighted by Gasteiger charge is 2.20. The Hall–Kier alpha value is -0.530. The second-order valence-corrected chi connectivity index (χ2v) is 5.29. The van der Waals surface area contributed by atoms with Crippen molar-refractivity contribution in [3.63, 3.8) is 0 Å². The summed E-state index contributed by atoms with van der Waals surface area (Å²) in [6.07, 6.45) is 0. The molecular formula is C8H8BrF2NO2S. The van der Waals surface area contributed by atoms with E-state index in [-0.39, 0.29) is 11.0 Å². The first-order valence-electron chi connectivity index (χ1n) is 4.02. The van der Waals surface area contributed by atoms with Crippen LogP contribution in [0.25, 0.3) is 0 Å². The number of nitrogens with one attached hydrogen (secondary N) is 1. The predicted octanol–water partition coefficient (Wildman–Crippen LogP) is 2.03. The first-order chi connectivity index (χ1) is 6.88. The fourth-order valence-electron chi connectivity index (χ4n) is 0.978. The molecule has 1 rings (SSSR count). The molecule has 0 aliphatic rings. The molecule has 3 nitrogen and oxygen atoms in total. The Morgan fingerprint density at radius 1 is 1.33 bits per heavy atom. The third-order valence-electron chi connectivity index (χ3n) is 1.60. The summed E-state index contributed by atoms with van der Waals surface area (Å²) in [5.74, 6) is -1.96. The van der Waals surface area contributed by atoms with Crippen LogP contribution >= 0.6 is 15.9 Å². The lowest BCUT2D eigenvalue weighted by atomic mass is 10.3. The molecule has 0 heterocycles. The van der Waals surface area contributed by atoms with Gasteiger partial charge in [0.1, 0.15) is 16.5 Å². The Morgan fingerprint density at radius 2 is 1.93 bits per heavy atom. The summed E-state index contributed by atoms with van der Waals surface area (Å²) >= 11 is 2.79. The van der Waals surface area contributed by atoms with Gasteiger partial charge in [0, 0.05) is 12.6 Å². The maximum Gasteiger partial charge on any atom is 0.243 e. The molecule has 0 saturated heterocycles. The smallest absolute Gasteiger partial charge is 0.211 e. The molecule has 1 aromatic carbocycles. The molecule has 0 bridgehead atoms. The van der Waals surface area contributed by atoms with E-state index in [4.69, 9.17) is 0 Å². The molecular weight excluding hydrogens is 292 g/mol. The highest BCUT2D eigenvalue weighted by molar-refractivity contribution is 9.10. The Morgan fingerprint density at radius 3 is 2.47 bits per heavy atom. The summed E-state index contributed by atoms with van der Waals surface area (Å²) in [5, 5.41) is 0. The molecule has 0 aliphatic carbocycles. The standard InChI is InChI=1S/C8H8BrF2NO2S/c1-2-12-15(13,14)8-3-5(9)6(10)4-7(8)11/h3-4,12H,2H2,1H3. The fourth-order valence-corrected chi connectivity index (χ4v) is 2.60. The lowest BCUT2D eigenvalue weighted by molar-refractivity contribution is 0.542. The zero-order valence-electron chi connectivity index (χ0n) is 7.72. The van der Waals surface area contributed by atoms with E-state index in [9.17, 15) is 17.2 Å². The van der Waals surface area contributed by atoms with Crippen molar-refractivity contribution in [2.24, 2.45) is 0 Å². The molecule has 15 heavy (non-hydrogen) atoms. The average Bonchev–Trinajstić information content (AvgIpc) is 2.11. The van der Waals surface area contributed by atoms with Crippen LogP contribution in [0.5, 0.6) is 0 Å². The van der Waals surface area contributed by atoms with E-state index in [2.05, 4.69) is 20.7 Å². The van der Waals surface area contributed by atoms with E-state index in [0.29, 0.717) is 6.07 Å². The molecule has 0 saturated carbocycles. The van der Waals surface area contributed by atoms with Gasteiger partial charge in [0.25, 0.3) is 0 Å². The maximum atomic E-state index is 13.2. The van der Waals surface area contributed by atoms with Crippen LogP contribution in [0.1, 0.15) is 6.92 Å². The second kappa shape index (κ2) is 4.54. The lowest BCUT2D eigenvalue weighted by Gasteiger charge is -2.06. The van der Waals surface area contributed by atoms with Gasteiger partial charge in [-0.15, -0.1) is 0 Å². The van der Waals surface area contributed by atoms with Gasteiger partial charge >= 0.3 is 0 Å². The molecule has 84 valence electrons. The van der Waals surface area contributed by atoms with Crippen molar-refractivity contribution in [3.8, 4) is 0 Å². The summed E-state index contributed by atoms with van der Waals surface area (Å²) < 4.78 is 50.9. The summed E-state index contributed by atoms with van der Waals surface area (Å²) in [5.41, 5.74) is 0. The lowest BCUT2D eigenvalue weighted by Crippen LogP contribution is -2.24. The second-order valence-electron chi connectivity index (χ2n) is 2.70. The van der Waals surface area contributed by atoms with Crippen molar-refractivity contribution in [3.05, 3.63) is 28.2 Å². The summed E-state index contributed by atoms with van der Waals surface area (Å²) in [7, 11) is -3.90. The van der Waals surface area contributed by atoms with E-state index in [1.54, 1.807) is 6.92 Å². The van der Waals surface area contributed by atoms with Crippen LogP contribution in [0.2, 0.25) is 0 Å². The van der Waals surface area contributed by atoms with E-state index in [0.717, 1.165) is 6.07 Å². The van der Waals surface area contributed by atoms with E-state index in [1.165, 1.54) is 0 Å². The number of halogens is 3. The maximum absolute atomic E-state index is 13.2. The molecule has 0 aromatic heterocycles. The van der Waals surface area contributed by atoms with Gasteiger partial charge in [-0.2, -0.15) is 0 Å². The largest absolute Gasteiger partial charge is 0.243 e. The average molecular weight is 300 g/mol. The van der Waals surface area contributed by atoms with Gasteiger partial charge in [-0.3, -0.25) is 0 Å². The zero-order valence-corrected chi connectivity index (χ0v) is 10.1. The van der Waals surface area contributed by atoms with Crippen molar-refractivity contribution in [2.75, 3.05) is 6.54 Å². The van der Waals surface area contributed by atoms with E-state index < -0.39 is 26.6 Å². The molecule has 0 aliphatic heterocycles. The monoisotopic (exact) mass is 299 g/mol. The molecule has 0 spiro atoms.